The summed E-state index contributed by atoms with van der Waals surface area (Å²) < 4.78 is 17.7. The molecule has 1 aromatic heterocycles. The summed E-state index contributed by atoms with van der Waals surface area (Å²) in [5.41, 5.74) is 2.24. The highest BCUT2D eigenvalue weighted by Gasteiger charge is 2.43. The van der Waals surface area contributed by atoms with E-state index in [9.17, 15) is 0 Å². The monoisotopic (exact) mass is 306 g/mol. The number of ether oxygens (including phenoxy) is 2. The van der Waals surface area contributed by atoms with E-state index in [2.05, 4.69) is 10.1 Å². The van der Waals surface area contributed by atoms with Crippen LogP contribution in [0.2, 0.25) is 0 Å². The fourth-order valence-corrected chi connectivity index (χ4v) is 3.84. The number of hydrogen-bond acceptors (Lipinski definition) is 5. The minimum Gasteiger partial charge on any atom is -0.374 e. The van der Waals surface area contributed by atoms with Gasteiger partial charge in [0.15, 0.2) is 0 Å². The summed E-state index contributed by atoms with van der Waals surface area (Å²) in [6, 6.07) is 0.472. The highest BCUT2D eigenvalue weighted by atomic mass is 16.5. The van der Waals surface area contributed by atoms with Gasteiger partial charge in [-0.3, -0.25) is 4.90 Å². The van der Waals surface area contributed by atoms with Gasteiger partial charge < -0.3 is 14.0 Å². The Kier molecular flexibility index (Phi) is 3.96. The van der Waals surface area contributed by atoms with E-state index in [1.54, 1.807) is 0 Å². The van der Waals surface area contributed by atoms with Crippen LogP contribution in [-0.2, 0) is 16.0 Å². The zero-order chi connectivity index (χ0) is 15.1. The average Bonchev–Trinajstić information content (AvgIpc) is 3.19. The third-order valence-corrected chi connectivity index (χ3v) is 5.44. The Morgan fingerprint density at radius 3 is 2.82 bits per heavy atom. The minimum absolute atomic E-state index is 0.239. The summed E-state index contributed by atoms with van der Waals surface area (Å²) in [6.45, 7) is 7.61. The number of aromatic nitrogens is 1. The lowest BCUT2D eigenvalue weighted by Crippen LogP contribution is -2.43. The van der Waals surface area contributed by atoms with E-state index in [1.165, 1.54) is 24.8 Å². The van der Waals surface area contributed by atoms with Gasteiger partial charge in [0, 0.05) is 31.3 Å². The van der Waals surface area contributed by atoms with E-state index in [4.69, 9.17) is 14.0 Å². The van der Waals surface area contributed by atoms with Crippen LogP contribution in [0.3, 0.4) is 0 Å². The molecular formula is C17H26N2O3. The second-order valence-corrected chi connectivity index (χ2v) is 7.07. The van der Waals surface area contributed by atoms with Crippen LogP contribution < -0.4 is 0 Å². The topological polar surface area (TPSA) is 47.7 Å². The highest BCUT2D eigenvalue weighted by Crippen LogP contribution is 2.36. The Bertz CT molecular complexity index is 506. The Morgan fingerprint density at radius 1 is 1.23 bits per heavy atom. The van der Waals surface area contributed by atoms with E-state index in [-0.39, 0.29) is 6.10 Å². The molecule has 4 rings (SSSR count). The fourth-order valence-electron chi connectivity index (χ4n) is 3.84. The third-order valence-electron chi connectivity index (χ3n) is 5.44. The third kappa shape index (κ3) is 2.82. The molecule has 122 valence electrons. The maximum atomic E-state index is 6.28. The summed E-state index contributed by atoms with van der Waals surface area (Å²) >= 11 is 0. The highest BCUT2D eigenvalue weighted by molar-refractivity contribution is 5.21. The maximum absolute atomic E-state index is 6.28. The zero-order valence-electron chi connectivity index (χ0n) is 13.6. The molecule has 3 aliphatic rings. The van der Waals surface area contributed by atoms with Crippen molar-refractivity contribution in [1.29, 1.82) is 0 Å². The second kappa shape index (κ2) is 5.95. The van der Waals surface area contributed by atoms with Crippen molar-refractivity contribution in [2.45, 2.75) is 64.3 Å². The SMILES string of the molecule is Cc1noc(C)c1CN1CCOC2CCC1C2OCC1CC1. The molecule has 0 radical (unpaired) electrons. The van der Waals surface area contributed by atoms with Gasteiger partial charge in [0.25, 0.3) is 0 Å². The van der Waals surface area contributed by atoms with Crippen molar-refractivity contribution in [3.63, 3.8) is 0 Å². The smallest absolute Gasteiger partial charge is 0.138 e. The second-order valence-electron chi connectivity index (χ2n) is 7.07. The predicted molar refractivity (Wildman–Crippen MR) is 81.6 cm³/mol. The molecule has 22 heavy (non-hydrogen) atoms. The molecule has 1 aliphatic heterocycles. The lowest BCUT2D eigenvalue weighted by Gasteiger charge is -2.31. The van der Waals surface area contributed by atoms with Crippen LogP contribution in [0, 0.1) is 19.8 Å². The van der Waals surface area contributed by atoms with E-state index >= 15 is 0 Å². The summed E-state index contributed by atoms with van der Waals surface area (Å²) in [4.78, 5) is 2.52. The molecule has 3 atom stereocenters. The lowest BCUT2D eigenvalue weighted by atomic mass is 10.1. The van der Waals surface area contributed by atoms with Crippen LogP contribution >= 0.6 is 0 Å². The number of nitrogens with zero attached hydrogens (tertiary/aromatic N) is 2. The Labute approximate surface area is 131 Å². The van der Waals surface area contributed by atoms with Crippen LogP contribution in [0.25, 0.3) is 0 Å². The first-order chi connectivity index (χ1) is 10.7. The van der Waals surface area contributed by atoms with Crippen molar-refractivity contribution in [1.82, 2.24) is 10.1 Å². The summed E-state index contributed by atoms with van der Waals surface area (Å²) in [6.07, 6.45) is 5.50. The first kappa shape index (κ1) is 14.7. The molecule has 5 nitrogen and oxygen atoms in total. The number of aryl methyl sites for hydroxylation is 2. The number of rotatable bonds is 5. The van der Waals surface area contributed by atoms with Crippen molar-refractivity contribution in [3.05, 3.63) is 17.0 Å². The predicted octanol–water partition coefficient (Wildman–Crippen LogP) is 2.45. The largest absolute Gasteiger partial charge is 0.374 e. The Balaban J connectivity index is 1.48. The van der Waals surface area contributed by atoms with Crippen molar-refractivity contribution in [3.8, 4) is 0 Å². The molecular weight excluding hydrogens is 280 g/mol. The molecule has 5 heteroatoms. The number of hydrogen-bond donors (Lipinski definition) is 0. The summed E-state index contributed by atoms with van der Waals surface area (Å²) in [7, 11) is 0. The molecule has 0 N–H and O–H groups in total. The van der Waals surface area contributed by atoms with Crippen LogP contribution in [-0.4, -0.2) is 48.1 Å². The average molecular weight is 306 g/mol. The van der Waals surface area contributed by atoms with Gasteiger partial charge >= 0.3 is 0 Å². The molecule has 1 saturated heterocycles. The van der Waals surface area contributed by atoms with E-state index in [0.29, 0.717) is 12.1 Å². The van der Waals surface area contributed by atoms with Crippen molar-refractivity contribution >= 4 is 0 Å². The summed E-state index contributed by atoms with van der Waals surface area (Å²) in [5, 5.41) is 4.09. The van der Waals surface area contributed by atoms with Crippen LogP contribution in [0.15, 0.2) is 4.52 Å². The van der Waals surface area contributed by atoms with Gasteiger partial charge in [0.05, 0.1) is 24.5 Å². The standard InChI is InChI=1S/C17H26N2O3/c1-11-14(12(2)22-18-11)9-19-7-8-20-16-6-5-15(19)17(16)21-10-13-3-4-13/h13,15-17H,3-10H2,1-2H3. The van der Waals surface area contributed by atoms with Crippen LogP contribution in [0.4, 0.5) is 0 Å². The van der Waals surface area contributed by atoms with E-state index in [1.807, 2.05) is 13.8 Å². The van der Waals surface area contributed by atoms with Gasteiger partial charge in [-0.05, 0) is 45.4 Å². The van der Waals surface area contributed by atoms with Crippen molar-refractivity contribution in [2.24, 2.45) is 5.92 Å². The van der Waals surface area contributed by atoms with E-state index in [0.717, 1.165) is 50.1 Å². The molecule has 3 unspecified atom stereocenters. The van der Waals surface area contributed by atoms with Gasteiger partial charge in [0.1, 0.15) is 5.76 Å². The first-order valence-electron chi connectivity index (χ1n) is 8.61. The van der Waals surface area contributed by atoms with Gasteiger partial charge in [0.2, 0.25) is 0 Å². The minimum atomic E-state index is 0.239. The molecule has 1 aromatic rings. The fraction of sp³-hybridized carbons (Fsp3) is 0.824. The zero-order valence-corrected chi connectivity index (χ0v) is 13.6. The Hall–Kier alpha value is -0.910. The normalized spacial score (nSPS) is 32.4. The van der Waals surface area contributed by atoms with Gasteiger partial charge in [-0.25, -0.2) is 0 Å². The molecule has 0 aromatic carbocycles. The molecule has 2 bridgehead atoms. The van der Waals surface area contributed by atoms with Gasteiger partial charge in [-0.15, -0.1) is 0 Å². The molecule has 0 spiro atoms. The van der Waals surface area contributed by atoms with Gasteiger partial charge in [-0.1, -0.05) is 5.16 Å². The molecule has 3 fully saturated rings. The van der Waals surface area contributed by atoms with Crippen molar-refractivity contribution < 1.29 is 14.0 Å². The maximum Gasteiger partial charge on any atom is 0.138 e. The van der Waals surface area contributed by atoms with Crippen molar-refractivity contribution in [2.75, 3.05) is 19.8 Å². The molecule has 2 saturated carbocycles. The number of fused-ring (bicyclic) bond motifs is 2. The van der Waals surface area contributed by atoms with E-state index < -0.39 is 0 Å². The van der Waals surface area contributed by atoms with Crippen LogP contribution in [0.1, 0.15) is 42.7 Å². The van der Waals surface area contributed by atoms with Gasteiger partial charge in [-0.2, -0.15) is 0 Å². The van der Waals surface area contributed by atoms with Crippen LogP contribution in [0.5, 0.6) is 0 Å². The quantitative estimate of drug-likeness (QED) is 0.836. The molecule has 2 aliphatic carbocycles. The molecule has 2 heterocycles. The summed E-state index contributed by atoms with van der Waals surface area (Å²) in [5.74, 6) is 1.74. The lowest BCUT2D eigenvalue weighted by molar-refractivity contribution is -0.0572. The molecule has 0 amide bonds. The first-order valence-corrected chi connectivity index (χ1v) is 8.61. The Morgan fingerprint density at radius 2 is 2.09 bits per heavy atom.